The number of benzene rings is 2. The second-order valence-corrected chi connectivity index (χ2v) is 7.93. The minimum absolute atomic E-state index is 0.0736. The van der Waals surface area contributed by atoms with Crippen molar-refractivity contribution >= 4 is 34.6 Å². The fraction of sp³-hybridized carbons (Fsp3) is 0.0909. The highest BCUT2D eigenvalue weighted by atomic mass is 32.2. The Labute approximate surface area is 179 Å². The van der Waals surface area contributed by atoms with Gasteiger partial charge in [0.1, 0.15) is 16.5 Å². The van der Waals surface area contributed by atoms with Gasteiger partial charge in [-0.1, -0.05) is 48.5 Å². The molecule has 8 heteroatoms. The summed E-state index contributed by atoms with van der Waals surface area (Å²) in [4.78, 5) is 12.0. The van der Waals surface area contributed by atoms with E-state index in [-0.39, 0.29) is 21.0 Å². The maximum Gasteiger partial charge on any atom is 0.426 e. The van der Waals surface area contributed by atoms with E-state index in [9.17, 15) is 23.2 Å². The van der Waals surface area contributed by atoms with Gasteiger partial charge >= 0.3 is 6.18 Å². The van der Waals surface area contributed by atoms with Crippen LogP contribution in [0.5, 0.6) is 0 Å². The van der Waals surface area contributed by atoms with Crippen LogP contribution >= 0.6 is 23.1 Å². The third-order valence-electron chi connectivity index (χ3n) is 4.10. The number of anilines is 1. The molecule has 0 fully saturated rings. The number of allylic oxidation sites excluding steroid dienone is 1. The summed E-state index contributed by atoms with van der Waals surface area (Å²) in [6, 6.07) is 20.0. The van der Waals surface area contributed by atoms with Crippen molar-refractivity contribution in [2.75, 3.05) is 11.6 Å². The number of nitriles is 1. The Morgan fingerprint density at radius 1 is 1.07 bits per heavy atom. The third-order valence-corrected chi connectivity index (χ3v) is 5.99. The average Bonchev–Trinajstić information content (AvgIpc) is 3.21. The van der Waals surface area contributed by atoms with Crippen LogP contribution in [0.15, 0.2) is 77.3 Å². The minimum Gasteiger partial charge on any atom is -0.349 e. The standard InChI is InChI=1S/C22H15F3N2OS2/c1-29-21(27-15-10-6-3-7-11-15)17(13-26)19(28)18-12-16(14-8-4-2-5-9-14)20(30-18)22(23,24)25/h2-12,27H,1H3. The highest BCUT2D eigenvalue weighted by Gasteiger charge is 2.37. The topological polar surface area (TPSA) is 52.9 Å². The highest BCUT2D eigenvalue weighted by Crippen LogP contribution is 2.43. The van der Waals surface area contributed by atoms with Crippen LogP contribution < -0.4 is 5.32 Å². The molecule has 0 aliphatic heterocycles. The van der Waals surface area contributed by atoms with E-state index in [1.54, 1.807) is 60.9 Å². The van der Waals surface area contributed by atoms with Gasteiger partial charge in [-0.3, -0.25) is 4.79 Å². The van der Waals surface area contributed by atoms with Crippen LogP contribution in [-0.2, 0) is 6.18 Å². The molecule has 1 aromatic heterocycles. The quantitative estimate of drug-likeness (QED) is 0.257. The van der Waals surface area contributed by atoms with Crippen LogP contribution in [0.3, 0.4) is 0 Å². The monoisotopic (exact) mass is 444 g/mol. The van der Waals surface area contributed by atoms with Gasteiger partial charge in [-0.15, -0.1) is 23.1 Å². The van der Waals surface area contributed by atoms with Crippen LogP contribution in [0.25, 0.3) is 11.1 Å². The zero-order valence-corrected chi connectivity index (χ0v) is 17.3. The number of hydrogen-bond acceptors (Lipinski definition) is 5. The zero-order valence-electron chi connectivity index (χ0n) is 15.7. The molecule has 0 saturated carbocycles. The van der Waals surface area contributed by atoms with Crippen molar-refractivity contribution in [1.29, 1.82) is 5.26 Å². The van der Waals surface area contributed by atoms with Gasteiger partial charge in [0.25, 0.3) is 0 Å². The molecule has 1 heterocycles. The number of halogens is 3. The van der Waals surface area contributed by atoms with E-state index in [4.69, 9.17) is 0 Å². The van der Waals surface area contributed by atoms with Crippen molar-refractivity contribution in [3.63, 3.8) is 0 Å². The largest absolute Gasteiger partial charge is 0.426 e. The number of alkyl halides is 3. The number of rotatable bonds is 6. The number of para-hydroxylation sites is 1. The van der Waals surface area contributed by atoms with E-state index in [1.165, 1.54) is 6.07 Å². The Morgan fingerprint density at radius 3 is 2.20 bits per heavy atom. The molecule has 0 aliphatic carbocycles. The van der Waals surface area contributed by atoms with Crippen molar-refractivity contribution < 1.29 is 18.0 Å². The Balaban J connectivity index is 2.06. The molecule has 3 rings (SSSR count). The molecule has 0 aliphatic rings. The SMILES string of the molecule is CSC(Nc1ccccc1)=C(C#N)C(=O)c1cc(-c2ccccc2)c(C(F)(F)F)s1. The number of Topliss-reactive ketones (excluding diaryl/α,β-unsaturated/α-hetero) is 1. The van der Waals surface area contributed by atoms with E-state index in [0.29, 0.717) is 22.6 Å². The van der Waals surface area contributed by atoms with Gasteiger partial charge in [0.15, 0.2) is 0 Å². The van der Waals surface area contributed by atoms with E-state index in [2.05, 4.69) is 5.32 Å². The van der Waals surface area contributed by atoms with Crippen LogP contribution in [-0.4, -0.2) is 12.0 Å². The van der Waals surface area contributed by atoms with Crippen molar-refractivity contribution in [2.45, 2.75) is 6.18 Å². The van der Waals surface area contributed by atoms with E-state index < -0.39 is 16.8 Å². The molecule has 0 spiro atoms. The van der Waals surface area contributed by atoms with Crippen LogP contribution in [0.2, 0.25) is 0 Å². The Bertz CT molecular complexity index is 1110. The van der Waals surface area contributed by atoms with Crippen LogP contribution in [0.1, 0.15) is 14.5 Å². The molecule has 0 radical (unpaired) electrons. The lowest BCUT2D eigenvalue weighted by molar-refractivity contribution is -0.133. The van der Waals surface area contributed by atoms with Crippen molar-refractivity contribution in [1.82, 2.24) is 0 Å². The molecule has 3 nitrogen and oxygen atoms in total. The fourth-order valence-corrected chi connectivity index (χ4v) is 4.30. The van der Waals surface area contributed by atoms with E-state index in [1.807, 2.05) is 12.1 Å². The molecule has 1 N–H and O–H groups in total. The molecule has 0 bridgehead atoms. The molecule has 2 aromatic carbocycles. The zero-order chi connectivity index (χ0) is 21.7. The summed E-state index contributed by atoms with van der Waals surface area (Å²) >= 11 is 1.49. The van der Waals surface area contributed by atoms with Crippen LogP contribution in [0, 0.1) is 11.3 Å². The summed E-state index contributed by atoms with van der Waals surface area (Å²) in [7, 11) is 0. The second-order valence-electron chi connectivity index (χ2n) is 6.06. The number of thioether (sulfide) groups is 1. The average molecular weight is 445 g/mol. The van der Waals surface area contributed by atoms with Gasteiger partial charge < -0.3 is 5.32 Å². The van der Waals surface area contributed by atoms with Gasteiger partial charge in [-0.25, -0.2) is 0 Å². The van der Waals surface area contributed by atoms with Gasteiger partial charge in [0.2, 0.25) is 5.78 Å². The summed E-state index contributed by atoms with van der Waals surface area (Å²) < 4.78 is 40.8. The minimum atomic E-state index is -4.62. The number of thiophene rings is 1. The third kappa shape index (κ3) is 4.75. The summed E-state index contributed by atoms with van der Waals surface area (Å²) in [5.41, 5.74) is 0.709. The smallest absolute Gasteiger partial charge is 0.349 e. The van der Waals surface area contributed by atoms with Crippen LogP contribution in [0.4, 0.5) is 18.9 Å². The molecular formula is C22H15F3N2OS2. The predicted octanol–water partition coefficient (Wildman–Crippen LogP) is 6.83. The molecular weight excluding hydrogens is 429 g/mol. The Hall–Kier alpha value is -3.02. The lowest BCUT2D eigenvalue weighted by atomic mass is 10.0. The normalized spacial score (nSPS) is 12.1. The molecule has 0 saturated heterocycles. The van der Waals surface area contributed by atoms with Gasteiger partial charge in [0.05, 0.1) is 9.91 Å². The van der Waals surface area contributed by atoms with Crippen molar-refractivity contribution in [3.8, 4) is 17.2 Å². The molecule has 0 amide bonds. The number of ketones is 1. The van der Waals surface area contributed by atoms with Gasteiger partial charge in [0, 0.05) is 11.3 Å². The number of carbonyl (C=O) groups is 1. The first-order chi connectivity index (χ1) is 14.3. The first-order valence-electron chi connectivity index (χ1n) is 8.66. The second kappa shape index (κ2) is 9.20. The molecule has 152 valence electrons. The van der Waals surface area contributed by atoms with E-state index >= 15 is 0 Å². The number of nitrogens with one attached hydrogen (secondary N) is 1. The summed E-state index contributed by atoms with van der Waals surface area (Å²) in [6.45, 7) is 0. The summed E-state index contributed by atoms with van der Waals surface area (Å²) in [6.07, 6.45) is -2.93. The lowest BCUT2D eigenvalue weighted by Gasteiger charge is -2.10. The fourth-order valence-electron chi connectivity index (χ4n) is 2.74. The summed E-state index contributed by atoms with van der Waals surface area (Å²) in [5, 5.41) is 12.9. The molecule has 0 unspecified atom stereocenters. The highest BCUT2D eigenvalue weighted by molar-refractivity contribution is 8.02. The molecule has 30 heavy (non-hydrogen) atoms. The number of carbonyl (C=O) groups excluding carboxylic acids is 1. The Morgan fingerprint density at radius 2 is 1.67 bits per heavy atom. The first-order valence-corrected chi connectivity index (χ1v) is 10.7. The van der Waals surface area contributed by atoms with E-state index in [0.717, 1.165) is 11.8 Å². The Kier molecular flexibility index (Phi) is 6.65. The molecule has 0 atom stereocenters. The molecule has 3 aromatic rings. The van der Waals surface area contributed by atoms with Gasteiger partial charge in [-0.05, 0) is 30.0 Å². The predicted molar refractivity (Wildman–Crippen MR) is 115 cm³/mol. The van der Waals surface area contributed by atoms with Crippen molar-refractivity contribution in [2.24, 2.45) is 0 Å². The first kappa shape index (κ1) is 21.7. The number of nitrogens with zero attached hydrogens (tertiary/aromatic N) is 1. The number of hydrogen-bond donors (Lipinski definition) is 1. The summed E-state index contributed by atoms with van der Waals surface area (Å²) in [5.74, 6) is -0.747. The maximum absolute atomic E-state index is 13.6. The maximum atomic E-state index is 13.6. The van der Waals surface area contributed by atoms with Gasteiger partial charge in [-0.2, -0.15) is 18.4 Å². The lowest BCUT2D eigenvalue weighted by Crippen LogP contribution is -2.08. The van der Waals surface area contributed by atoms with Crippen molar-refractivity contribution in [3.05, 3.63) is 87.1 Å².